The number of thiocarbonyl (C=S) groups is 1. The fourth-order valence-electron chi connectivity index (χ4n) is 1.08. The smallest absolute Gasteiger partial charge is 0.253 e. The number of rotatable bonds is 3. The fourth-order valence-corrected chi connectivity index (χ4v) is 1.92. The van der Waals surface area contributed by atoms with E-state index in [1.54, 1.807) is 26.0 Å². The van der Waals surface area contributed by atoms with Crippen LogP contribution >= 0.6 is 44.1 Å². The van der Waals surface area contributed by atoms with Crippen LogP contribution in [0.25, 0.3) is 0 Å². The summed E-state index contributed by atoms with van der Waals surface area (Å²) in [6, 6.07) is 5.38. The van der Waals surface area contributed by atoms with Crippen molar-refractivity contribution >= 4 is 55.0 Å². The Labute approximate surface area is 122 Å². The van der Waals surface area contributed by atoms with Crippen LogP contribution in [-0.4, -0.2) is 16.4 Å². The molecule has 3 N–H and O–H groups in total. The molecule has 1 amide bonds. The van der Waals surface area contributed by atoms with Crippen molar-refractivity contribution in [2.75, 3.05) is 0 Å². The number of benzene rings is 1. The van der Waals surface area contributed by atoms with E-state index in [1.165, 1.54) is 0 Å². The van der Waals surface area contributed by atoms with E-state index in [1.807, 2.05) is 6.07 Å². The quantitative estimate of drug-likeness (QED) is 0.793. The first-order valence-electron chi connectivity index (χ1n) is 4.81. The second kappa shape index (κ2) is 5.46. The third kappa shape index (κ3) is 3.76. The van der Waals surface area contributed by atoms with Crippen LogP contribution < -0.4 is 11.1 Å². The standard InChI is InChI=1S/C11H12Br2N2OS/c1-11(2,10(14)17)15-9(16)7-5-6(12)3-4-8(7)13/h3-5H,1-2H3,(H2,14,17)(H,15,16). The maximum Gasteiger partial charge on any atom is 0.253 e. The van der Waals surface area contributed by atoms with E-state index >= 15 is 0 Å². The number of hydrogen-bond donors (Lipinski definition) is 2. The monoisotopic (exact) mass is 378 g/mol. The van der Waals surface area contributed by atoms with Gasteiger partial charge in [0.05, 0.1) is 16.1 Å². The number of nitrogens with one attached hydrogen (secondary N) is 1. The highest BCUT2D eigenvalue weighted by molar-refractivity contribution is 9.11. The van der Waals surface area contributed by atoms with Crippen molar-refractivity contribution in [1.29, 1.82) is 0 Å². The summed E-state index contributed by atoms with van der Waals surface area (Å²) in [6.07, 6.45) is 0. The lowest BCUT2D eigenvalue weighted by Gasteiger charge is -2.25. The molecule has 6 heteroatoms. The van der Waals surface area contributed by atoms with E-state index in [4.69, 9.17) is 18.0 Å². The summed E-state index contributed by atoms with van der Waals surface area (Å²) in [5, 5.41) is 2.78. The average Bonchev–Trinajstić information content (AvgIpc) is 2.20. The third-order valence-corrected chi connectivity index (χ3v) is 3.91. The highest BCUT2D eigenvalue weighted by atomic mass is 79.9. The number of hydrogen-bond acceptors (Lipinski definition) is 2. The largest absolute Gasteiger partial charge is 0.391 e. The number of carbonyl (C=O) groups is 1. The minimum atomic E-state index is -0.714. The second-order valence-electron chi connectivity index (χ2n) is 4.07. The lowest BCUT2D eigenvalue weighted by Crippen LogP contribution is -2.52. The van der Waals surface area contributed by atoms with Crippen LogP contribution in [0.5, 0.6) is 0 Å². The zero-order valence-electron chi connectivity index (χ0n) is 9.38. The van der Waals surface area contributed by atoms with Crippen molar-refractivity contribution in [3.8, 4) is 0 Å². The molecule has 0 aromatic heterocycles. The van der Waals surface area contributed by atoms with Crippen LogP contribution in [0.1, 0.15) is 24.2 Å². The highest BCUT2D eigenvalue weighted by Gasteiger charge is 2.25. The molecule has 1 rings (SSSR count). The summed E-state index contributed by atoms with van der Waals surface area (Å²) in [4.78, 5) is 12.3. The van der Waals surface area contributed by atoms with E-state index < -0.39 is 5.54 Å². The molecule has 0 bridgehead atoms. The van der Waals surface area contributed by atoms with E-state index in [2.05, 4.69) is 37.2 Å². The third-order valence-electron chi connectivity index (χ3n) is 2.22. The second-order valence-corrected chi connectivity index (χ2v) is 6.28. The average molecular weight is 380 g/mol. The number of amides is 1. The predicted molar refractivity (Wildman–Crippen MR) is 80.2 cm³/mol. The van der Waals surface area contributed by atoms with E-state index in [0.29, 0.717) is 5.56 Å². The Balaban J connectivity index is 2.98. The SMILES string of the molecule is CC(C)(NC(=O)c1cc(Br)ccc1Br)C(N)=S. The van der Waals surface area contributed by atoms with Crippen LogP contribution in [0.15, 0.2) is 27.1 Å². The summed E-state index contributed by atoms with van der Waals surface area (Å²) in [7, 11) is 0. The lowest BCUT2D eigenvalue weighted by molar-refractivity contribution is 0.0931. The van der Waals surface area contributed by atoms with Gasteiger partial charge in [-0.05, 0) is 48.0 Å². The van der Waals surface area contributed by atoms with Crippen LogP contribution in [0.2, 0.25) is 0 Å². The molecule has 1 aromatic rings. The Bertz CT molecular complexity index is 475. The topological polar surface area (TPSA) is 55.1 Å². The first kappa shape index (κ1) is 14.6. The van der Waals surface area contributed by atoms with Crippen molar-refractivity contribution in [1.82, 2.24) is 5.32 Å². The Morgan fingerprint density at radius 1 is 1.41 bits per heavy atom. The van der Waals surface area contributed by atoms with Gasteiger partial charge in [0, 0.05) is 8.95 Å². The van der Waals surface area contributed by atoms with Crippen molar-refractivity contribution in [3.05, 3.63) is 32.7 Å². The normalized spacial score (nSPS) is 11.1. The molecule has 0 unspecified atom stereocenters. The van der Waals surface area contributed by atoms with E-state index in [0.717, 1.165) is 8.95 Å². The van der Waals surface area contributed by atoms with Crippen LogP contribution in [0.3, 0.4) is 0 Å². The molecule has 0 radical (unpaired) electrons. The molecule has 92 valence electrons. The van der Waals surface area contributed by atoms with Gasteiger partial charge in [-0.2, -0.15) is 0 Å². The maximum absolute atomic E-state index is 12.1. The predicted octanol–water partition coefficient (Wildman–Crippen LogP) is 3.01. The maximum atomic E-state index is 12.1. The van der Waals surface area contributed by atoms with E-state index in [9.17, 15) is 4.79 Å². The van der Waals surface area contributed by atoms with Gasteiger partial charge in [0.15, 0.2) is 0 Å². The molecule has 1 aromatic carbocycles. The highest BCUT2D eigenvalue weighted by Crippen LogP contribution is 2.22. The zero-order valence-corrected chi connectivity index (χ0v) is 13.4. The van der Waals surface area contributed by atoms with Gasteiger partial charge in [-0.15, -0.1) is 0 Å². The van der Waals surface area contributed by atoms with Gasteiger partial charge in [-0.3, -0.25) is 4.79 Å². The molecular weight excluding hydrogens is 368 g/mol. The first-order valence-corrected chi connectivity index (χ1v) is 6.81. The van der Waals surface area contributed by atoms with Gasteiger partial charge in [0.25, 0.3) is 5.91 Å². The van der Waals surface area contributed by atoms with Gasteiger partial charge < -0.3 is 11.1 Å². The summed E-state index contributed by atoms with van der Waals surface area (Å²) < 4.78 is 1.55. The van der Waals surface area contributed by atoms with Gasteiger partial charge in [-0.25, -0.2) is 0 Å². The molecule has 0 aliphatic rings. The minimum Gasteiger partial charge on any atom is -0.391 e. The molecule has 3 nitrogen and oxygen atoms in total. The summed E-state index contributed by atoms with van der Waals surface area (Å²) >= 11 is 11.6. The van der Waals surface area contributed by atoms with Crippen molar-refractivity contribution in [2.45, 2.75) is 19.4 Å². The summed E-state index contributed by atoms with van der Waals surface area (Å²) in [6.45, 7) is 3.53. The van der Waals surface area contributed by atoms with E-state index in [-0.39, 0.29) is 10.9 Å². The molecule has 0 heterocycles. The van der Waals surface area contributed by atoms with Crippen LogP contribution in [0.4, 0.5) is 0 Å². The molecule has 0 aliphatic carbocycles. The summed E-state index contributed by atoms with van der Waals surface area (Å²) in [5.41, 5.74) is 5.38. The molecule has 17 heavy (non-hydrogen) atoms. The Morgan fingerprint density at radius 2 is 2.00 bits per heavy atom. The van der Waals surface area contributed by atoms with Crippen molar-refractivity contribution in [2.24, 2.45) is 5.73 Å². The van der Waals surface area contributed by atoms with Crippen LogP contribution in [0, 0.1) is 0 Å². The molecule has 0 spiro atoms. The summed E-state index contributed by atoms with van der Waals surface area (Å²) in [5.74, 6) is -0.226. The van der Waals surface area contributed by atoms with Gasteiger partial charge in [-0.1, -0.05) is 28.1 Å². The Morgan fingerprint density at radius 3 is 2.53 bits per heavy atom. The lowest BCUT2D eigenvalue weighted by atomic mass is 10.1. The van der Waals surface area contributed by atoms with Gasteiger partial charge in [0.1, 0.15) is 0 Å². The molecule has 0 aliphatic heterocycles. The van der Waals surface area contributed by atoms with Crippen LogP contribution in [-0.2, 0) is 0 Å². The van der Waals surface area contributed by atoms with Gasteiger partial charge in [0.2, 0.25) is 0 Å². The number of halogens is 2. The molecule has 0 saturated heterocycles. The number of nitrogens with two attached hydrogens (primary N) is 1. The fraction of sp³-hybridized carbons (Fsp3) is 0.273. The number of carbonyl (C=O) groups excluding carboxylic acids is 1. The minimum absolute atomic E-state index is 0.226. The molecule has 0 atom stereocenters. The van der Waals surface area contributed by atoms with Crippen molar-refractivity contribution in [3.63, 3.8) is 0 Å². The zero-order chi connectivity index (χ0) is 13.2. The Hall–Kier alpha value is -0.460. The molecule has 0 fully saturated rings. The molecule has 0 saturated carbocycles. The van der Waals surface area contributed by atoms with Crippen molar-refractivity contribution < 1.29 is 4.79 Å². The Kier molecular flexibility index (Phi) is 4.69. The van der Waals surface area contributed by atoms with Gasteiger partial charge >= 0.3 is 0 Å². The first-order chi connectivity index (χ1) is 7.74. The molecular formula is C11H12Br2N2OS.